The van der Waals surface area contributed by atoms with Crippen LogP contribution in [0.4, 0.5) is 0 Å². The van der Waals surface area contributed by atoms with Gasteiger partial charge in [0.15, 0.2) is 0 Å². The fourth-order valence-corrected chi connectivity index (χ4v) is 4.06. The normalized spacial score (nSPS) is 17.6. The first kappa shape index (κ1) is 27.7. The Labute approximate surface area is 218 Å². The van der Waals surface area contributed by atoms with Crippen LogP contribution in [0.15, 0.2) is 77.6 Å². The number of rotatable bonds is 1. The summed E-state index contributed by atoms with van der Waals surface area (Å²) in [5.41, 5.74) is 7.00. The second-order valence-corrected chi connectivity index (χ2v) is 8.30. The number of hydrogen-bond donors (Lipinski definition) is 0. The fraction of sp³-hybridized carbons (Fsp3) is 0.259. The smallest absolute Gasteiger partial charge is 1.00 e. The molecule has 158 valence electrons. The van der Waals surface area contributed by atoms with E-state index < -0.39 is 0 Å². The summed E-state index contributed by atoms with van der Waals surface area (Å²) in [7, 11) is 0. The summed E-state index contributed by atoms with van der Waals surface area (Å²) in [6.45, 7) is 10.9. The van der Waals surface area contributed by atoms with Gasteiger partial charge in [-0.2, -0.15) is 16.7 Å². The average Bonchev–Trinajstić information content (AvgIpc) is 3.34. The molecule has 0 fully saturated rings. The molecule has 1 heterocycles. The van der Waals surface area contributed by atoms with Gasteiger partial charge in [-0.1, -0.05) is 75.6 Å². The van der Waals surface area contributed by atoms with Gasteiger partial charge in [0.25, 0.3) is 0 Å². The molecule has 0 bridgehead atoms. The molecular formula is C27H27Cl2NZr. The molecule has 0 saturated heterocycles. The molecule has 2 aromatic carbocycles. The minimum absolute atomic E-state index is 0. The summed E-state index contributed by atoms with van der Waals surface area (Å²) in [6, 6.07) is 17.2. The predicted molar refractivity (Wildman–Crippen MR) is 119 cm³/mol. The van der Waals surface area contributed by atoms with Crippen LogP contribution in [-0.2, 0) is 26.2 Å². The van der Waals surface area contributed by atoms with Crippen molar-refractivity contribution in [2.24, 2.45) is 5.41 Å². The Morgan fingerprint density at radius 3 is 1.87 bits per heavy atom. The van der Waals surface area contributed by atoms with Crippen LogP contribution in [0.25, 0.3) is 16.8 Å². The van der Waals surface area contributed by atoms with Crippen molar-refractivity contribution in [3.05, 3.63) is 101 Å². The van der Waals surface area contributed by atoms with Crippen LogP contribution in [0.2, 0.25) is 0 Å². The van der Waals surface area contributed by atoms with Crippen LogP contribution in [-0.4, -0.2) is 4.57 Å². The third-order valence-corrected chi connectivity index (χ3v) is 6.12. The molecule has 3 aromatic rings. The van der Waals surface area contributed by atoms with Crippen molar-refractivity contribution in [1.82, 2.24) is 4.57 Å². The van der Waals surface area contributed by atoms with E-state index in [9.17, 15) is 0 Å². The van der Waals surface area contributed by atoms with Gasteiger partial charge in [0.05, 0.1) is 0 Å². The first-order valence-corrected chi connectivity index (χ1v) is 9.91. The molecule has 4 heteroatoms. The van der Waals surface area contributed by atoms with Crippen molar-refractivity contribution < 1.29 is 51.0 Å². The number of halogens is 2. The molecule has 5 rings (SSSR count). The van der Waals surface area contributed by atoms with Gasteiger partial charge in [0, 0.05) is 12.4 Å². The number of allylic oxidation sites excluding steroid dienone is 5. The molecular weight excluding hydrogens is 500 g/mol. The Hall–Kier alpha value is -1.34. The van der Waals surface area contributed by atoms with E-state index in [2.05, 4.69) is 118 Å². The summed E-state index contributed by atoms with van der Waals surface area (Å²) < 4.78 is 2.24. The van der Waals surface area contributed by atoms with Gasteiger partial charge in [-0.05, 0) is 16.8 Å². The van der Waals surface area contributed by atoms with E-state index in [1.807, 2.05) is 0 Å². The topological polar surface area (TPSA) is 4.93 Å². The van der Waals surface area contributed by atoms with Crippen LogP contribution in [0.1, 0.15) is 51.8 Å². The quantitative estimate of drug-likeness (QED) is 0.419. The summed E-state index contributed by atoms with van der Waals surface area (Å²) in [5.74, 6) is 0. The van der Waals surface area contributed by atoms with E-state index in [1.54, 1.807) is 0 Å². The van der Waals surface area contributed by atoms with Gasteiger partial charge in [-0.25, -0.2) is 17.7 Å². The first-order valence-electron chi connectivity index (χ1n) is 9.91. The largest absolute Gasteiger partial charge is 4.00 e. The number of aromatic nitrogens is 1. The third-order valence-electron chi connectivity index (χ3n) is 6.12. The zero-order chi connectivity index (χ0) is 19.9. The summed E-state index contributed by atoms with van der Waals surface area (Å²) in [6.07, 6.45) is 13.4. The van der Waals surface area contributed by atoms with E-state index >= 15 is 0 Å². The minimum Gasteiger partial charge on any atom is -1.00 e. The molecule has 0 saturated carbocycles. The third kappa shape index (κ3) is 5.54. The molecule has 1 nitrogen and oxygen atoms in total. The molecule has 1 aromatic heterocycles. The Morgan fingerprint density at radius 1 is 0.839 bits per heavy atom. The zero-order valence-corrected chi connectivity index (χ0v) is 22.6. The van der Waals surface area contributed by atoms with Crippen LogP contribution < -0.4 is 24.8 Å². The molecule has 1 unspecified atom stereocenters. The van der Waals surface area contributed by atoms with Gasteiger partial charge in [0.1, 0.15) is 0 Å². The molecule has 31 heavy (non-hydrogen) atoms. The number of fused-ring (bicyclic) bond motifs is 2. The Morgan fingerprint density at radius 2 is 1.39 bits per heavy atom. The van der Waals surface area contributed by atoms with Crippen LogP contribution >= 0.6 is 0 Å². The van der Waals surface area contributed by atoms with Gasteiger partial charge < -0.3 is 29.4 Å². The second kappa shape index (κ2) is 11.0. The van der Waals surface area contributed by atoms with Crippen LogP contribution in [0.5, 0.6) is 0 Å². The fourth-order valence-electron chi connectivity index (χ4n) is 4.06. The zero-order valence-electron chi connectivity index (χ0n) is 18.6. The van der Waals surface area contributed by atoms with Crippen molar-refractivity contribution in [2.45, 2.75) is 40.7 Å². The minimum atomic E-state index is 0. The maximum Gasteiger partial charge on any atom is 4.00 e. The monoisotopic (exact) mass is 525 g/mol. The molecule has 0 spiro atoms. The molecule has 0 aliphatic heterocycles. The first-order chi connectivity index (χ1) is 13.4. The van der Waals surface area contributed by atoms with E-state index in [0.29, 0.717) is 0 Å². The average molecular weight is 528 g/mol. The van der Waals surface area contributed by atoms with Crippen LogP contribution in [0.3, 0.4) is 0 Å². The van der Waals surface area contributed by atoms with Gasteiger partial charge >= 0.3 is 26.2 Å². The van der Waals surface area contributed by atoms with Crippen molar-refractivity contribution >= 4 is 16.8 Å². The van der Waals surface area contributed by atoms with Crippen molar-refractivity contribution in [2.75, 3.05) is 0 Å². The maximum absolute atomic E-state index is 3.44. The van der Waals surface area contributed by atoms with Crippen LogP contribution in [0, 0.1) is 17.6 Å². The van der Waals surface area contributed by atoms with Crippen molar-refractivity contribution in [1.29, 1.82) is 0 Å². The van der Waals surface area contributed by atoms with E-state index in [4.69, 9.17) is 0 Å². The maximum atomic E-state index is 3.44. The SMILES string of the molecule is CC1=[C-]C(C)(C)C(C)=C1C.[C-]1=Cc2ccccc2C1n1cc2ccccc2c1.[Cl-].[Cl-].[Zr+4]. The summed E-state index contributed by atoms with van der Waals surface area (Å²) in [4.78, 5) is 0. The molecule has 0 amide bonds. The predicted octanol–water partition coefficient (Wildman–Crippen LogP) is 1.18. The number of benzene rings is 2. The van der Waals surface area contributed by atoms with Crippen molar-refractivity contribution in [3.63, 3.8) is 0 Å². The number of hydrogen-bond acceptors (Lipinski definition) is 0. The molecule has 0 N–H and O–H groups in total. The second-order valence-electron chi connectivity index (χ2n) is 8.30. The van der Waals surface area contributed by atoms with Crippen molar-refractivity contribution in [3.8, 4) is 0 Å². The summed E-state index contributed by atoms with van der Waals surface area (Å²) >= 11 is 0. The van der Waals surface area contributed by atoms with E-state index in [1.165, 1.54) is 38.6 Å². The number of nitrogens with zero attached hydrogens (tertiary/aromatic N) is 1. The molecule has 0 radical (unpaired) electrons. The Kier molecular flexibility index (Phi) is 9.82. The van der Waals surface area contributed by atoms with E-state index in [-0.39, 0.29) is 62.5 Å². The standard InChI is InChI=1S/C17H12N.C10H15.2ClH.Zr/c1-2-7-15-12-18(11-14(15)6-1)17-10-9-13-5-3-4-8-16(13)17;1-7-6-10(4,5)9(3)8(7)2;;;/h1-9,11-12,17H;1-5H3;2*1H;/q2*-1;;;+4/p-2. The van der Waals surface area contributed by atoms with Gasteiger partial charge in [-0.3, -0.25) is 6.08 Å². The summed E-state index contributed by atoms with van der Waals surface area (Å²) in [5, 5.41) is 2.56. The van der Waals surface area contributed by atoms with E-state index in [0.717, 1.165) is 0 Å². The molecule has 2 aliphatic carbocycles. The molecule has 1 atom stereocenters. The Balaban J connectivity index is 0.000000324. The Bertz CT molecular complexity index is 1100. The van der Waals surface area contributed by atoms with Gasteiger partial charge in [-0.15, -0.1) is 18.6 Å². The van der Waals surface area contributed by atoms with Gasteiger partial charge in [0.2, 0.25) is 0 Å². The molecule has 2 aliphatic rings.